The van der Waals surface area contributed by atoms with E-state index in [1.54, 1.807) is 0 Å². The first-order valence-corrected chi connectivity index (χ1v) is 9.04. The number of amides is 1. The normalized spacial score (nSPS) is 18.0. The van der Waals surface area contributed by atoms with E-state index < -0.39 is 0 Å². The summed E-state index contributed by atoms with van der Waals surface area (Å²) in [4.78, 5) is 14.8. The third-order valence-electron chi connectivity index (χ3n) is 4.84. The van der Waals surface area contributed by atoms with Crippen molar-refractivity contribution in [3.63, 3.8) is 0 Å². The van der Waals surface area contributed by atoms with E-state index in [9.17, 15) is 4.79 Å². The van der Waals surface area contributed by atoms with Gasteiger partial charge in [-0.3, -0.25) is 4.79 Å². The highest BCUT2D eigenvalue weighted by molar-refractivity contribution is 6.30. The zero-order valence-corrected chi connectivity index (χ0v) is 17.6. The third-order valence-corrected chi connectivity index (χ3v) is 5.08. The molecule has 3 unspecified atom stereocenters. The summed E-state index contributed by atoms with van der Waals surface area (Å²) in [6, 6.07) is 17.4. The molecule has 27 heavy (non-hydrogen) atoms. The van der Waals surface area contributed by atoms with Gasteiger partial charge in [0.05, 0.1) is 5.92 Å². The Kier molecular flexibility index (Phi) is 9.40. The lowest BCUT2D eigenvalue weighted by atomic mass is 9.94. The van der Waals surface area contributed by atoms with E-state index in [2.05, 4.69) is 10.2 Å². The highest BCUT2D eigenvalue weighted by atomic mass is 35.5. The van der Waals surface area contributed by atoms with Crippen LogP contribution in [0.1, 0.15) is 24.9 Å². The minimum atomic E-state index is -0.299. The molecule has 148 valence electrons. The van der Waals surface area contributed by atoms with E-state index >= 15 is 0 Å². The van der Waals surface area contributed by atoms with Gasteiger partial charge in [-0.1, -0.05) is 54.9 Å². The van der Waals surface area contributed by atoms with Gasteiger partial charge in [0.1, 0.15) is 0 Å². The summed E-state index contributed by atoms with van der Waals surface area (Å²) in [5, 5.41) is 3.88. The maximum Gasteiger partial charge on any atom is 0.225 e. The molecule has 1 fully saturated rings. The van der Waals surface area contributed by atoms with Crippen LogP contribution < -0.4 is 16.0 Å². The SMILES string of the molecule is CC(C(=O)NC1CCN(c2cccc(Cl)c2)C1)C(N)c1ccccc1.Cl.Cl. The average Bonchev–Trinajstić information content (AvgIpc) is 3.09. The molecule has 1 saturated heterocycles. The van der Waals surface area contributed by atoms with Gasteiger partial charge in [0.2, 0.25) is 5.91 Å². The Morgan fingerprint density at radius 2 is 1.89 bits per heavy atom. The second kappa shape index (κ2) is 10.8. The van der Waals surface area contributed by atoms with Crippen LogP contribution >= 0.6 is 36.4 Å². The van der Waals surface area contributed by atoms with E-state index in [0.717, 1.165) is 35.8 Å². The highest BCUT2D eigenvalue weighted by Gasteiger charge is 2.28. The number of carbonyl (C=O) groups is 1. The summed E-state index contributed by atoms with van der Waals surface area (Å²) in [7, 11) is 0. The fraction of sp³-hybridized carbons (Fsp3) is 0.350. The molecule has 2 aromatic carbocycles. The van der Waals surface area contributed by atoms with Crippen molar-refractivity contribution >= 4 is 48.0 Å². The van der Waals surface area contributed by atoms with Crippen LogP contribution in [-0.2, 0) is 4.79 Å². The van der Waals surface area contributed by atoms with Crippen LogP contribution in [0, 0.1) is 5.92 Å². The smallest absolute Gasteiger partial charge is 0.225 e. The molecule has 0 saturated carbocycles. The van der Waals surface area contributed by atoms with E-state index in [1.165, 1.54) is 0 Å². The minimum absolute atomic E-state index is 0. The highest BCUT2D eigenvalue weighted by Crippen LogP contribution is 2.24. The molecule has 1 aliphatic rings. The summed E-state index contributed by atoms with van der Waals surface area (Å²) >= 11 is 6.07. The van der Waals surface area contributed by atoms with Crippen LogP contribution in [0.3, 0.4) is 0 Å². The molecule has 0 aliphatic carbocycles. The molecular formula is C20H26Cl3N3O. The predicted octanol–water partition coefficient (Wildman–Crippen LogP) is 4.21. The van der Waals surface area contributed by atoms with E-state index in [1.807, 2.05) is 61.5 Å². The van der Waals surface area contributed by atoms with Crippen molar-refractivity contribution in [1.29, 1.82) is 0 Å². The monoisotopic (exact) mass is 429 g/mol. The zero-order valence-electron chi connectivity index (χ0n) is 15.2. The molecule has 3 atom stereocenters. The number of hydrogen-bond acceptors (Lipinski definition) is 3. The van der Waals surface area contributed by atoms with Crippen molar-refractivity contribution in [1.82, 2.24) is 5.32 Å². The fourth-order valence-electron chi connectivity index (χ4n) is 3.25. The van der Waals surface area contributed by atoms with Crippen LogP contribution in [0.25, 0.3) is 0 Å². The lowest BCUT2D eigenvalue weighted by Gasteiger charge is -2.23. The standard InChI is InChI=1S/C20H24ClN3O.2ClH/c1-14(19(22)15-6-3-2-4-7-15)20(25)23-17-10-11-24(13-17)18-9-5-8-16(21)12-18;;/h2-9,12,14,17,19H,10-11,13,22H2,1H3,(H,23,25);2*1H. The van der Waals surface area contributed by atoms with Crippen molar-refractivity contribution in [3.8, 4) is 0 Å². The number of nitrogens with zero attached hydrogens (tertiary/aromatic N) is 1. The summed E-state index contributed by atoms with van der Waals surface area (Å²) in [6.07, 6.45) is 0.922. The largest absolute Gasteiger partial charge is 0.369 e. The molecule has 3 N–H and O–H groups in total. The average molecular weight is 431 g/mol. The Balaban J connectivity index is 0.00000182. The van der Waals surface area contributed by atoms with E-state index in [0.29, 0.717) is 0 Å². The van der Waals surface area contributed by atoms with Crippen LogP contribution in [0.5, 0.6) is 0 Å². The Morgan fingerprint density at radius 3 is 2.56 bits per heavy atom. The van der Waals surface area contributed by atoms with Gasteiger partial charge in [-0.05, 0) is 30.2 Å². The maximum absolute atomic E-state index is 12.6. The number of halogens is 3. The molecule has 2 aromatic rings. The van der Waals surface area contributed by atoms with Crippen LogP contribution in [0.15, 0.2) is 54.6 Å². The number of hydrogen-bond donors (Lipinski definition) is 2. The summed E-state index contributed by atoms with van der Waals surface area (Å²) < 4.78 is 0. The first-order valence-electron chi connectivity index (χ1n) is 8.66. The van der Waals surface area contributed by atoms with Crippen molar-refractivity contribution in [3.05, 3.63) is 65.2 Å². The molecule has 4 nitrogen and oxygen atoms in total. The summed E-state index contributed by atoms with van der Waals surface area (Å²) in [5.74, 6) is -0.267. The number of benzene rings is 2. The topological polar surface area (TPSA) is 58.4 Å². The second-order valence-electron chi connectivity index (χ2n) is 6.65. The Morgan fingerprint density at radius 1 is 1.19 bits per heavy atom. The first kappa shape index (κ1) is 23.6. The van der Waals surface area contributed by atoms with Crippen molar-refractivity contribution in [2.45, 2.75) is 25.4 Å². The molecule has 7 heteroatoms. The molecule has 0 aromatic heterocycles. The second-order valence-corrected chi connectivity index (χ2v) is 7.08. The fourth-order valence-corrected chi connectivity index (χ4v) is 3.43. The molecule has 3 rings (SSSR count). The number of anilines is 1. The van der Waals surface area contributed by atoms with Crippen LogP contribution in [-0.4, -0.2) is 25.0 Å². The minimum Gasteiger partial charge on any atom is -0.369 e. The number of nitrogens with two attached hydrogens (primary N) is 1. The third kappa shape index (κ3) is 6.01. The number of rotatable bonds is 5. The van der Waals surface area contributed by atoms with Crippen LogP contribution in [0.2, 0.25) is 5.02 Å². The van der Waals surface area contributed by atoms with E-state index in [4.69, 9.17) is 17.3 Å². The summed E-state index contributed by atoms with van der Waals surface area (Å²) in [5.41, 5.74) is 8.34. The molecular weight excluding hydrogens is 405 g/mol. The van der Waals surface area contributed by atoms with Gasteiger partial charge in [0.15, 0.2) is 0 Å². The zero-order chi connectivity index (χ0) is 17.8. The molecule has 1 heterocycles. The van der Waals surface area contributed by atoms with Gasteiger partial charge in [-0.15, -0.1) is 24.8 Å². The lowest BCUT2D eigenvalue weighted by molar-refractivity contribution is -0.125. The summed E-state index contributed by atoms with van der Waals surface area (Å²) in [6.45, 7) is 3.58. The van der Waals surface area contributed by atoms with E-state index in [-0.39, 0.29) is 48.7 Å². The van der Waals surface area contributed by atoms with Crippen molar-refractivity contribution < 1.29 is 4.79 Å². The number of carbonyl (C=O) groups excluding carboxylic acids is 1. The van der Waals surface area contributed by atoms with Gasteiger partial charge in [-0.25, -0.2) is 0 Å². The Bertz CT molecular complexity index is 729. The lowest BCUT2D eigenvalue weighted by Crippen LogP contribution is -2.42. The molecule has 1 amide bonds. The van der Waals surface area contributed by atoms with Gasteiger partial charge >= 0.3 is 0 Å². The Hall–Kier alpha value is -1.46. The van der Waals surface area contributed by atoms with Gasteiger partial charge in [0, 0.05) is 35.9 Å². The molecule has 0 spiro atoms. The predicted molar refractivity (Wildman–Crippen MR) is 117 cm³/mol. The van der Waals surface area contributed by atoms with Crippen LogP contribution in [0.4, 0.5) is 5.69 Å². The van der Waals surface area contributed by atoms with Crippen molar-refractivity contribution in [2.75, 3.05) is 18.0 Å². The van der Waals surface area contributed by atoms with Crippen molar-refractivity contribution in [2.24, 2.45) is 11.7 Å². The molecule has 1 aliphatic heterocycles. The Labute approximate surface area is 178 Å². The quantitative estimate of drug-likeness (QED) is 0.747. The first-order chi connectivity index (χ1) is 12.0. The molecule has 0 bridgehead atoms. The van der Waals surface area contributed by atoms with Gasteiger partial charge in [-0.2, -0.15) is 0 Å². The van der Waals surface area contributed by atoms with Gasteiger partial charge in [0.25, 0.3) is 0 Å². The maximum atomic E-state index is 12.6. The van der Waals surface area contributed by atoms with Gasteiger partial charge < -0.3 is 16.0 Å². The molecule has 0 radical (unpaired) electrons. The number of nitrogens with one attached hydrogen (secondary N) is 1.